The van der Waals surface area contributed by atoms with E-state index in [1.165, 1.54) is 0 Å². The molecule has 25 heavy (non-hydrogen) atoms. The molecule has 0 unspecified atom stereocenters. The van der Waals surface area contributed by atoms with E-state index in [2.05, 4.69) is 9.97 Å². The van der Waals surface area contributed by atoms with Gasteiger partial charge in [0, 0.05) is 57.0 Å². The number of aromatic nitrogens is 2. The summed E-state index contributed by atoms with van der Waals surface area (Å²) in [4.78, 5) is 8.19. The fraction of sp³-hybridized carbons (Fsp3) is 0. The van der Waals surface area contributed by atoms with E-state index in [0.29, 0.717) is 11.5 Å². The van der Waals surface area contributed by atoms with Gasteiger partial charge >= 0.3 is 0 Å². The van der Waals surface area contributed by atoms with Gasteiger partial charge in [0.05, 0.1) is 24.8 Å². The van der Waals surface area contributed by atoms with E-state index in [1.807, 2.05) is 48.5 Å². The summed E-state index contributed by atoms with van der Waals surface area (Å²) in [5, 5.41) is 17.1. The molecule has 0 bridgehead atoms. The first-order chi connectivity index (χ1) is 10.8. The van der Waals surface area contributed by atoms with Gasteiger partial charge in [-0.05, 0) is 12.1 Å². The Kier molecular flexibility index (Phi) is 10.1. The Balaban J connectivity index is 0.000000411. The second kappa shape index (κ2) is 10.9. The molecule has 2 aromatic heterocycles. The first-order valence-electron chi connectivity index (χ1n) is 6.86. The first-order valence-corrected chi connectivity index (χ1v) is 6.86. The molecule has 2 aromatic carbocycles. The number of nitrogens with zero attached hydrogens (tertiary/aromatic N) is 2. The number of para-hydroxylation sites is 2. The quantitative estimate of drug-likeness (QED) is 0.327. The van der Waals surface area contributed by atoms with Crippen molar-refractivity contribution in [3.05, 3.63) is 73.1 Å². The number of rotatable bonds is 0. The van der Waals surface area contributed by atoms with E-state index in [-0.39, 0.29) is 46.5 Å². The van der Waals surface area contributed by atoms with Crippen molar-refractivity contribution >= 4 is 21.8 Å². The summed E-state index contributed by atoms with van der Waals surface area (Å²) >= 11 is 0. The van der Waals surface area contributed by atoms with Crippen molar-refractivity contribution in [2.24, 2.45) is 0 Å². The maximum absolute atomic E-state index is 7.50. The van der Waals surface area contributed by atoms with Gasteiger partial charge in [0.2, 0.25) is 0 Å². The van der Waals surface area contributed by atoms with Gasteiger partial charge in [0.25, 0.3) is 11.5 Å². The fourth-order valence-corrected chi connectivity index (χ4v) is 2.21. The van der Waals surface area contributed by atoms with Crippen LogP contribution in [0.15, 0.2) is 73.1 Å². The van der Waals surface area contributed by atoms with Crippen LogP contribution in [-0.2, 0) is 21.7 Å². The van der Waals surface area contributed by atoms with Crippen LogP contribution in [0.25, 0.3) is 21.8 Å². The van der Waals surface area contributed by atoms with Crippen LogP contribution in [0.2, 0.25) is 0 Å². The SMILES string of the molecule is [ClH2+].[ClH2+].[OH2+]c1cccc2cccnc12.[OH2+]c1cccc2cccnc12.[Ti]. The van der Waals surface area contributed by atoms with Crippen LogP contribution in [-0.4, -0.2) is 20.2 Å². The Morgan fingerprint density at radius 2 is 0.920 bits per heavy atom. The molecule has 0 fully saturated rings. The molecule has 0 spiro atoms. The van der Waals surface area contributed by atoms with Crippen LogP contribution < -0.4 is 0 Å². The van der Waals surface area contributed by atoms with Crippen molar-refractivity contribution in [1.29, 1.82) is 0 Å². The summed E-state index contributed by atoms with van der Waals surface area (Å²) in [6, 6.07) is 18.8. The average molecular weight is 415 g/mol. The molecule has 0 aliphatic carbocycles. The Morgan fingerprint density at radius 1 is 0.560 bits per heavy atom. The van der Waals surface area contributed by atoms with Crippen molar-refractivity contribution in [3.8, 4) is 11.5 Å². The third-order valence-electron chi connectivity index (χ3n) is 3.27. The topological polar surface area (TPSA) is 71.6 Å². The Morgan fingerprint density at radius 3 is 1.28 bits per heavy atom. The van der Waals surface area contributed by atoms with Crippen LogP contribution in [0.3, 0.4) is 0 Å². The molecule has 0 saturated heterocycles. The zero-order valence-electron chi connectivity index (χ0n) is 13.2. The average Bonchev–Trinajstić information content (AvgIpc) is 2.57. The summed E-state index contributed by atoms with van der Waals surface area (Å²) in [5.41, 5.74) is 1.55. The van der Waals surface area contributed by atoms with Crippen molar-refractivity contribution in [2.45, 2.75) is 0 Å². The number of halogens is 2. The summed E-state index contributed by atoms with van der Waals surface area (Å²) < 4.78 is 0. The van der Waals surface area contributed by atoms with E-state index in [4.69, 9.17) is 10.2 Å². The Labute approximate surface area is 172 Å². The van der Waals surface area contributed by atoms with E-state index < -0.39 is 0 Å². The molecule has 0 amide bonds. The van der Waals surface area contributed by atoms with Gasteiger partial charge in [-0.3, -0.25) is 0 Å². The van der Waals surface area contributed by atoms with Gasteiger partial charge in [-0.1, -0.05) is 36.4 Å². The fourth-order valence-electron chi connectivity index (χ4n) is 2.21. The van der Waals surface area contributed by atoms with Crippen molar-refractivity contribution in [2.75, 3.05) is 0 Å². The van der Waals surface area contributed by atoms with Crippen LogP contribution in [0.5, 0.6) is 11.5 Å². The minimum absolute atomic E-state index is 0. The van der Waals surface area contributed by atoms with Crippen molar-refractivity contribution in [3.63, 3.8) is 0 Å². The predicted octanol–water partition coefficient (Wildman–Crippen LogP) is 2.27. The number of hydrogen-bond donors (Lipinski definition) is 0. The molecule has 4 nitrogen and oxygen atoms in total. The van der Waals surface area contributed by atoms with Crippen LogP contribution in [0.1, 0.15) is 0 Å². The zero-order valence-corrected chi connectivity index (χ0v) is 16.6. The molecule has 128 valence electrons. The zero-order chi connectivity index (χ0) is 15.4. The van der Waals surface area contributed by atoms with Gasteiger partial charge < -0.3 is 10.2 Å². The molecule has 0 radical (unpaired) electrons. The smallest absolute Gasteiger partial charge is 0.280 e. The third-order valence-corrected chi connectivity index (χ3v) is 3.27. The van der Waals surface area contributed by atoms with Crippen molar-refractivity contribution < 1.29 is 56.7 Å². The normalized spacial score (nSPS) is 8.96. The van der Waals surface area contributed by atoms with Gasteiger partial charge in [0.1, 0.15) is 0 Å². The molecule has 0 atom stereocenters. The number of hydrogen-bond acceptors (Lipinski definition) is 2. The van der Waals surface area contributed by atoms with Crippen LogP contribution in [0, 0.1) is 24.8 Å². The van der Waals surface area contributed by atoms with E-state index >= 15 is 0 Å². The van der Waals surface area contributed by atoms with E-state index in [0.717, 1.165) is 21.8 Å². The first kappa shape index (κ1) is 23.2. The maximum Gasteiger partial charge on any atom is 0.280 e. The Hall–Kier alpha value is -1.85. The van der Waals surface area contributed by atoms with Gasteiger partial charge in [-0.2, -0.15) is 0 Å². The minimum atomic E-state index is 0. The van der Waals surface area contributed by atoms with Gasteiger partial charge in [0.15, 0.2) is 11.0 Å². The summed E-state index contributed by atoms with van der Waals surface area (Å²) in [6.07, 6.45) is 3.42. The largest absolute Gasteiger partial charge is 0.592 e. The number of benzene rings is 2. The molecule has 4 rings (SSSR count). The molecule has 4 aromatic rings. The van der Waals surface area contributed by atoms with Crippen LogP contribution in [0.4, 0.5) is 0 Å². The van der Waals surface area contributed by atoms with E-state index in [1.54, 1.807) is 24.5 Å². The molecular weight excluding hydrogens is 395 g/mol. The van der Waals surface area contributed by atoms with Crippen LogP contribution >= 0.6 is 0 Å². The molecule has 0 aliphatic heterocycles. The molecule has 4 N–H and O–H groups in total. The minimum Gasteiger partial charge on any atom is -0.592 e. The van der Waals surface area contributed by atoms with Gasteiger partial charge in [-0.15, -0.1) is 0 Å². The second-order valence-electron chi connectivity index (χ2n) is 4.76. The van der Waals surface area contributed by atoms with E-state index in [9.17, 15) is 0 Å². The molecule has 2 heterocycles. The maximum atomic E-state index is 7.50. The summed E-state index contributed by atoms with van der Waals surface area (Å²) in [6.45, 7) is 0. The van der Waals surface area contributed by atoms with Gasteiger partial charge in [-0.25, -0.2) is 9.97 Å². The monoisotopic (exact) mass is 414 g/mol. The molecule has 0 saturated carbocycles. The van der Waals surface area contributed by atoms with Crippen molar-refractivity contribution in [1.82, 2.24) is 9.97 Å². The molecule has 7 heteroatoms. The second-order valence-corrected chi connectivity index (χ2v) is 4.76. The number of fused-ring (bicyclic) bond motifs is 2. The molecule has 0 aliphatic rings. The standard InChI is InChI=1S/2C9H7NO.2ClH2.Ti/c2*11-8-5-1-3-7-4-2-6-10-9(7)8;;;/h2*1-6,11H;2*1H2;/q;;2*+1;/p+2. The summed E-state index contributed by atoms with van der Waals surface area (Å²) in [7, 11) is 0. The summed E-state index contributed by atoms with van der Waals surface area (Å²) in [5.74, 6) is 0.978. The Bertz CT molecular complexity index is 851. The predicted molar refractivity (Wildman–Crippen MR) is 95.2 cm³/mol. The number of pyridine rings is 2. The third kappa shape index (κ3) is 5.58. The molecular formula is C18H20Cl2N2O2Ti+4.